The van der Waals surface area contributed by atoms with Gasteiger partial charge in [-0.05, 0) is 42.7 Å². The Morgan fingerprint density at radius 1 is 0.923 bits per heavy atom. The van der Waals surface area contributed by atoms with Crippen molar-refractivity contribution in [1.82, 2.24) is 0 Å². The lowest BCUT2D eigenvalue weighted by atomic mass is 9.70. The molecule has 26 heavy (non-hydrogen) atoms. The molecule has 5 rings (SSSR count). The van der Waals surface area contributed by atoms with Crippen molar-refractivity contribution in [3.8, 4) is 0 Å². The minimum absolute atomic E-state index is 0.193. The maximum Gasteiger partial charge on any atom is 0.387 e. The lowest BCUT2D eigenvalue weighted by molar-refractivity contribution is 0.0542. The molecule has 3 atom stereocenters. The molecule has 2 aliphatic rings. The Kier molecular flexibility index (Phi) is 3.58. The fourth-order valence-electron chi connectivity index (χ4n) is 5.15. The molecule has 1 aromatic heterocycles. The van der Waals surface area contributed by atoms with Crippen LogP contribution in [0.15, 0.2) is 56.9 Å². The Hall–Kier alpha value is -1.70. The SMILES string of the molecule is CC1(C)[C@H]2CC[C@]1(C)[C@H](Op1oc3ccccc3c3ccccc3o1)C2. The highest BCUT2D eigenvalue weighted by molar-refractivity contribution is 7.31. The van der Waals surface area contributed by atoms with E-state index in [1.165, 1.54) is 12.8 Å². The van der Waals surface area contributed by atoms with Gasteiger partial charge in [0.2, 0.25) is 0 Å². The van der Waals surface area contributed by atoms with Crippen LogP contribution in [-0.2, 0) is 0 Å². The van der Waals surface area contributed by atoms with Crippen molar-refractivity contribution < 1.29 is 12.9 Å². The van der Waals surface area contributed by atoms with Gasteiger partial charge in [-0.25, -0.2) is 0 Å². The van der Waals surface area contributed by atoms with Gasteiger partial charge < -0.3 is 8.39 Å². The highest BCUT2D eigenvalue weighted by Gasteiger charge is 2.62. The standard InChI is InChI=1S/C22H25O3P/c1-21(2)15-12-13-22(21,3)20(14-15)25-26-23-18-10-6-4-8-16(18)17-9-5-7-11-19(17)24-26/h4-11,15,20H,12-14H2,1-3H3/t15-,20+,22+/m0/s1. The van der Waals surface area contributed by atoms with Crippen LogP contribution in [0, 0.1) is 16.7 Å². The lowest BCUT2D eigenvalue weighted by Crippen LogP contribution is -2.38. The van der Waals surface area contributed by atoms with Crippen LogP contribution >= 0.6 is 8.24 Å². The average molecular weight is 368 g/mol. The van der Waals surface area contributed by atoms with Crippen molar-refractivity contribution in [3.63, 3.8) is 0 Å². The summed E-state index contributed by atoms with van der Waals surface area (Å²) in [5, 5.41) is 2.13. The minimum atomic E-state index is -1.47. The summed E-state index contributed by atoms with van der Waals surface area (Å²) in [6.07, 6.45) is 3.85. The molecule has 2 saturated carbocycles. The Balaban J connectivity index is 1.64. The third-order valence-corrected chi connectivity index (χ3v) is 8.46. The molecule has 0 spiro atoms. The third-order valence-electron chi connectivity index (χ3n) is 7.34. The largest absolute Gasteiger partial charge is 0.399 e. The van der Waals surface area contributed by atoms with E-state index in [1.807, 2.05) is 36.4 Å². The third kappa shape index (κ3) is 2.23. The van der Waals surface area contributed by atoms with Gasteiger partial charge in [-0.3, -0.25) is 4.52 Å². The van der Waals surface area contributed by atoms with Crippen molar-refractivity contribution in [2.75, 3.05) is 0 Å². The van der Waals surface area contributed by atoms with E-state index in [9.17, 15) is 0 Å². The van der Waals surface area contributed by atoms with Gasteiger partial charge in [0.15, 0.2) is 0 Å². The monoisotopic (exact) mass is 368 g/mol. The number of rotatable bonds is 2. The number of fused-ring (bicyclic) bond motifs is 5. The smallest absolute Gasteiger partial charge is 0.387 e. The Morgan fingerprint density at radius 2 is 1.50 bits per heavy atom. The van der Waals surface area contributed by atoms with Crippen molar-refractivity contribution in [1.29, 1.82) is 0 Å². The molecule has 0 radical (unpaired) electrons. The van der Waals surface area contributed by atoms with Gasteiger partial charge >= 0.3 is 8.24 Å². The molecule has 3 aromatic rings. The van der Waals surface area contributed by atoms with Crippen LogP contribution in [0.5, 0.6) is 0 Å². The Bertz CT molecular complexity index is 964. The van der Waals surface area contributed by atoms with Crippen molar-refractivity contribution >= 4 is 30.2 Å². The van der Waals surface area contributed by atoms with Gasteiger partial charge in [0, 0.05) is 16.2 Å². The summed E-state index contributed by atoms with van der Waals surface area (Å²) in [7, 11) is -1.47. The van der Waals surface area contributed by atoms with Crippen LogP contribution in [0.3, 0.4) is 0 Å². The molecule has 0 unspecified atom stereocenters. The minimum Gasteiger partial charge on any atom is -0.399 e. The molecular weight excluding hydrogens is 343 g/mol. The maximum absolute atomic E-state index is 6.54. The second-order valence-electron chi connectivity index (χ2n) is 8.60. The topological polar surface area (TPSA) is 35.5 Å². The fourth-order valence-corrected chi connectivity index (χ4v) is 6.44. The summed E-state index contributed by atoms with van der Waals surface area (Å²) in [6.45, 7) is 7.20. The molecule has 2 aromatic carbocycles. The van der Waals surface area contributed by atoms with Crippen molar-refractivity contribution in [2.45, 2.75) is 46.1 Å². The van der Waals surface area contributed by atoms with Gasteiger partial charge in [0.25, 0.3) is 0 Å². The highest BCUT2D eigenvalue weighted by Crippen LogP contribution is 2.66. The number of hydrogen-bond donors (Lipinski definition) is 0. The summed E-state index contributed by atoms with van der Waals surface area (Å²) in [5.41, 5.74) is 2.19. The normalized spacial score (nSPS) is 29.5. The molecule has 0 amide bonds. The summed E-state index contributed by atoms with van der Waals surface area (Å²) in [6, 6.07) is 16.2. The van der Waals surface area contributed by atoms with Gasteiger partial charge in [0.1, 0.15) is 11.2 Å². The van der Waals surface area contributed by atoms with E-state index < -0.39 is 8.24 Å². The van der Waals surface area contributed by atoms with Crippen LogP contribution in [0.1, 0.15) is 40.0 Å². The molecule has 3 nitrogen and oxygen atoms in total. The van der Waals surface area contributed by atoms with Gasteiger partial charge in [0.05, 0.1) is 6.10 Å². The average Bonchev–Trinajstić information content (AvgIpc) is 2.89. The molecule has 0 N–H and O–H groups in total. The summed E-state index contributed by atoms with van der Waals surface area (Å²) in [4.78, 5) is 0. The zero-order valence-electron chi connectivity index (χ0n) is 15.6. The first-order valence-corrected chi connectivity index (χ1v) is 10.6. The fraction of sp³-hybridized carbons (Fsp3) is 0.455. The quantitative estimate of drug-likeness (QED) is 0.492. The predicted molar refractivity (Wildman–Crippen MR) is 106 cm³/mol. The van der Waals surface area contributed by atoms with E-state index in [-0.39, 0.29) is 11.5 Å². The molecule has 0 aliphatic heterocycles. The van der Waals surface area contributed by atoms with E-state index in [0.717, 1.165) is 34.3 Å². The molecule has 2 fully saturated rings. The number of para-hydroxylation sites is 2. The Morgan fingerprint density at radius 3 is 2.00 bits per heavy atom. The Labute approximate surface area is 155 Å². The molecule has 2 bridgehead atoms. The number of hydrogen-bond acceptors (Lipinski definition) is 3. The molecular formula is C22H25O3P. The van der Waals surface area contributed by atoms with Crippen molar-refractivity contribution in [2.24, 2.45) is 16.7 Å². The van der Waals surface area contributed by atoms with Gasteiger partial charge in [-0.15, -0.1) is 0 Å². The van der Waals surface area contributed by atoms with Crippen LogP contribution in [0.2, 0.25) is 0 Å². The zero-order chi connectivity index (χ0) is 17.9. The second kappa shape index (κ2) is 5.65. The maximum atomic E-state index is 6.54. The molecule has 0 saturated heterocycles. The van der Waals surface area contributed by atoms with Crippen LogP contribution in [0.4, 0.5) is 0 Å². The van der Waals surface area contributed by atoms with Gasteiger partial charge in [-0.1, -0.05) is 57.2 Å². The van der Waals surface area contributed by atoms with Crippen LogP contribution in [0.25, 0.3) is 21.9 Å². The van der Waals surface area contributed by atoms with Crippen LogP contribution in [-0.4, -0.2) is 6.10 Å². The van der Waals surface area contributed by atoms with Crippen LogP contribution < -0.4 is 4.52 Å². The zero-order valence-corrected chi connectivity index (χ0v) is 16.5. The molecule has 1 heterocycles. The highest BCUT2D eigenvalue weighted by atomic mass is 31.1. The lowest BCUT2D eigenvalue weighted by Gasteiger charge is -2.37. The predicted octanol–water partition coefficient (Wildman–Crippen LogP) is 6.93. The van der Waals surface area contributed by atoms with E-state index in [4.69, 9.17) is 12.9 Å². The molecule has 4 heteroatoms. The van der Waals surface area contributed by atoms with E-state index in [0.29, 0.717) is 5.41 Å². The first kappa shape index (κ1) is 16.5. The van der Waals surface area contributed by atoms with E-state index >= 15 is 0 Å². The van der Waals surface area contributed by atoms with Crippen molar-refractivity contribution in [3.05, 3.63) is 48.5 Å². The molecule has 2 aliphatic carbocycles. The van der Waals surface area contributed by atoms with E-state index in [1.54, 1.807) is 0 Å². The summed E-state index contributed by atoms with van der Waals surface area (Å²) >= 11 is 0. The first-order valence-electron chi connectivity index (χ1n) is 9.50. The first-order chi connectivity index (χ1) is 12.5. The van der Waals surface area contributed by atoms with Gasteiger partial charge in [-0.2, -0.15) is 0 Å². The summed E-state index contributed by atoms with van der Waals surface area (Å²) in [5.74, 6) is 0.735. The second-order valence-corrected chi connectivity index (χ2v) is 9.63. The molecule has 136 valence electrons. The number of benzene rings is 2. The summed E-state index contributed by atoms with van der Waals surface area (Å²) < 4.78 is 19.0. The van der Waals surface area contributed by atoms with E-state index in [2.05, 4.69) is 32.9 Å².